The van der Waals surface area contributed by atoms with Crippen molar-refractivity contribution in [3.8, 4) is 5.75 Å². The highest BCUT2D eigenvalue weighted by atomic mass is 32.1. The monoisotopic (exact) mass is 414 g/mol. The highest BCUT2D eigenvalue weighted by Crippen LogP contribution is 2.46. The summed E-state index contributed by atoms with van der Waals surface area (Å²) >= 11 is 4.85. The molecule has 6 nitrogen and oxygen atoms in total. The van der Waals surface area contributed by atoms with Crippen LogP contribution in [0.1, 0.15) is 18.5 Å². The van der Waals surface area contributed by atoms with E-state index in [1.807, 2.05) is 0 Å². The minimum absolute atomic E-state index is 0.00248. The van der Waals surface area contributed by atoms with Gasteiger partial charge in [0.2, 0.25) is 0 Å². The maximum Gasteiger partial charge on any atom is 0.437 e. The van der Waals surface area contributed by atoms with Crippen LogP contribution in [0.15, 0.2) is 36.4 Å². The number of aliphatic hydroxyl groups is 1. The molecule has 0 unspecified atom stereocenters. The number of nitrogens with one attached hydrogen (secondary N) is 2. The lowest BCUT2D eigenvalue weighted by Gasteiger charge is -2.45. The molecule has 1 saturated heterocycles. The molecule has 1 aliphatic rings. The number of carbonyl (C=O) groups excluding carboxylic acids is 1. The number of hydrogen-bond acceptors (Lipinski definition) is 5. The first kappa shape index (κ1) is 20.2. The molecule has 1 aliphatic heterocycles. The van der Waals surface area contributed by atoms with Crippen molar-refractivity contribution >= 4 is 34.1 Å². The van der Waals surface area contributed by atoms with Gasteiger partial charge in [-0.05, 0) is 36.0 Å². The van der Waals surface area contributed by atoms with E-state index in [1.54, 1.807) is 35.6 Å². The number of halogens is 3. The summed E-state index contributed by atoms with van der Waals surface area (Å²) in [5.74, 6) is -3.81. The second-order valence-corrected chi connectivity index (χ2v) is 6.70. The summed E-state index contributed by atoms with van der Waals surface area (Å²) in [5.41, 5.74) is -3.68. The van der Waals surface area contributed by atoms with Gasteiger partial charge in [0, 0.05) is 5.56 Å². The number of aromatic hydroxyl groups is 1. The molecule has 0 aromatic heterocycles. The van der Waals surface area contributed by atoms with Crippen LogP contribution in [0.3, 0.4) is 0 Å². The Morgan fingerprint density at radius 2 is 1.96 bits per heavy atom. The standard InChI is InChI=1S/C18H17F3N2O4S/c1-2-27-15(25)13-14(22-16(28)23-17(13,26)18(19,20)21)12-10-6-4-3-5-9(10)7-8-11(12)24/h3-8,13-14,24,26H,2H2,1H3,(H2,22,23,28)/t13-,14+,17-/m0/s1. The molecule has 1 fully saturated rings. The van der Waals surface area contributed by atoms with Gasteiger partial charge in [0.1, 0.15) is 11.7 Å². The second-order valence-electron chi connectivity index (χ2n) is 6.29. The van der Waals surface area contributed by atoms with E-state index in [0.29, 0.717) is 10.8 Å². The van der Waals surface area contributed by atoms with Crippen LogP contribution in [0.5, 0.6) is 5.75 Å². The molecule has 0 saturated carbocycles. The number of esters is 1. The van der Waals surface area contributed by atoms with Gasteiger partial charge in [0.15, 0.2) is 5.11 Å². The number of fused-ring (bicyclic) bond motifs is 1. The molecule has 0 amide bonds. The minimum atomic E-state index is -5.25. The summed E-state index contributed by atoms with van der Waals surface area (Å²) in [6.07, 6.45) is -5.25. The van der Waals surface area contributed by atoms with Crippen LogP contribution in [0.2, 0.25) is 0 Å². The fourth-order valence-corrected chi connectivity index (χ4v) is 3.67. The molecular formula is C18H17F3N2O4S. The van der Waals surface area contributed by atoms with E-state index in [9.17, 15) is 28.2 Å². The molecule has 1 heterocycles. The summed E-state index contributed by atoms with van der Waals surface area (Å²) in [6.45, 7) is 1.24. The van der Waals surface area contributed by atoms with Crippen molar-refractivity contribution in [3.05, 3.63) is 42.0 Å². The highest BCUT2D eigenvalue weighted by molar-refractivity contribution is 7.80. The number of thiocarbonyl (C=S) groups is 1. The first-order valence-corrected chi connectivity index (χ1v) is 8.76. The van der Waals surface area contributed by atoms with Crippen LogP contribution in [0.4, 0.5) is 13.2 Å². The van der Waals surface area contributed by atoms with Gasteiger partial charge < -0.3 is 25.6 Å². The van der Waals surface area contributed by atoms with Crippen LogP contribution >= 0.6 is 12.2 Å². The van der Waals surface area contributed by atoms with Crippen LogP contribution in [0.25, 0.3) is 10.8 Å². The number of carbonyl (C=O) groups is 1. The van der Waals surface area contributed by atoms with Gasteiger partial charge in [-0.3, -0.25) is 4.79 Å². The number of phenolic OH excluding ortho intramolecular Hbond substituents is 1. The Bertz CT molecular complexity index is 937. The molecule has 0 aliphatic carbocycles. The van der Waals surface area contributed by atoms with E-state index in [4.69, 9.17) is 17.0 Å². The molecule has 3 rings (SSSR count). The highest BCUT2D eigenvalue weighted by Gasteiger charge is 2.66. The largest absolute Gasteiger partial charge is 0.508 e. The zero-order chi connectivity index (χ0) is 20.7. The number of benzene rings is 2. The lowest BCUT2D eigenvalue weighted by Crippen LogP contribution is -2.73. The quantitative estimate of drug-likeness (QED) is 0.453. The second kappa shape index (κ2) is 7.10. The van der Waals surface area contributed by atoms with Gasteiger partial charge in [-0.2, -0.15) is 13.2 Å². The van der Waals surface area contributed by atoms with Crippen LogP contribution in [-0.2, 0) is 9.53 Å². The Kier molecular flexibility index (Phi) is 5.11. The third-order valence-corrected chi connectivity index (χ3v) is 4.83. The Morgan fingerprint density at radius 3 is 2.61 bits per heavy atom. The van der Waals surface area contributed by atoms with Gasteiger partial charge in [-0.1, -0.05) is 30.3 Å². The van der Waals surface area contributed by atoms with Crippen molar-refractivity contribution in [3.63, 3.8) is 0 Å². The SMILES string of the molecule is CCOC(=O)[C@@H]1[C@@H](c2c(O)ccc3ccccc23)NC(=S)N[C@@]1(O)C(F)(F)F. The van der Waals surface area contributed by atoms with Gasteiger partial charge in [-0.25, -0.2) is 0 Å². The lowest BCUT2D eigenvalue weighted by molar-refractivity contribution is -0.292. The average Bonchev–Trinajstić information content (AvgIpc) is 2.60. The number of phenols is 1. The van der Waals surface area contributed by atoms with Crippen molar-refractivity contribution < 1.29 is 32.9 Å². The Balaban J connectivity index is 2.27. The molecular weight excluding hydrogens is 397 g/mol. The molecule has 0 bridgehead atoms. The third kappa shape index (κ3) is 3.22. The van der Waals surface area contributed by atoms with E-state index in [0.717, 1.165) is 0 Å². The lowest BCUT2D eigenvalue weighted by atomic mass is 9.80. The van der Waals surface area contributed by atoms with Crippen molar-refractivity contribution in [1.29, 1.82) is 0 Å². The number of alkyl halides is 3. The smallest absolute Gasteiger partial charge is 0.437 e. The summed E-state index contributed by atoms with van der Waals surface area (Å²) in [5, 5.41) is 25.8. The topological polar surface area (TPSA) is 90.8 Å². The molecule has 2 aromatic rings. The Hall–Kier alpha value is -2.59. The zero-order valence-electron chi connectivity index (χ0n) is 14.6. The summed E-state index contributed by atoms with van der Waals surface area (Å²) in [6, 6.07) is 8.05. The molecule has 3 atom stereocenters. The summed E-state index contributed by atoms with van der Waals surface area (Å²) < 4.78 is 46.2. The Morgan fingerprint density at radius 1 is 1.29 bits per heavy atom. The van der Waals surface area contributed by atoms with Crippen LogP contribution in [0, 0.1) is 5.92 Å². The third-order valence-electron chi connectivity index (χ3n) is 4.61. The summed E-state index contributed by atoms with van der Waals surface area (Å²) in [7, 11) is 0. The van der Waals surface area contributed by atoms with Crippen molar-refractivity contribution in [1.82, 2.24) is 10.6 Å². The van der Waals surface area contributed by atoms with Gasteiger partial charge in [-0.15, -0.1) is 0 Å². The van der Waals surface area contributed by atoms with Gasteiger partial charge in [0.05, 0.1) is 12.6 Å². The average molecular weight is 414 g/mol. The minimum Gasteiger partial charge on any atom is -0.508 e. The van der Waals surface area contributed by atoms with E-state index >= 15 is 0 Å². The molecule has 2 aromatic carbocycles. The van der Waals surface area contributed by atoms with Gasteiger partial charge in [0.25, 0.3) is 5.72 Å². The van der Waals surface area contributed by atoms with E-state index in [1.165, 1.54) is 13.0 Å². The number of hydrogen-bond donors (Lipinski definition) is 4. The van der Waals surface area contributed by atoms with Crippen LogP contribution < -0.4 is 10.6 Å². The number of rotatable bonds is 3. The van der Waals surface area contributed by atoms with Crippen LogP contribution in [-0.4, -0.2) is 39.8 Å². The maximum absolute atomic E-state index is 13.8. The summed E-state index contributed by atoms with van der Waals surface area (Å²) in [4.78, 5) is 12.5. The molecule has 4 N–H and O–H groups in total. The fourth-order valence-electron chi connectivity index (χ4n) is 3.39. The normalized spacial score (nSPS) is 25.1. The van der Waals surface area contributed by atoms with E-state index in [2.05, 4.69) is 5.32 Å². The van der Waals surface area contributed by atoms with E-state index in [-0.39, 0.29) is 17.9 Å². The molecule has 28 heavy (non-hydrogen) atoms. The van der Waals surface area contributed by atoms with Crippen molar-refractivity contribution in [2.45, 2.75) is 24.9 Å². The first-order chi connectivity index (χ1) is 13.1. The molecule has 0 spiro atoms. The predicted octanol–water partition coefficient (Wildman–Crippen LogP) is 2.49. The number of ether oxygens (including phenoxy) is 1. The molecule has 10 heteroatoms. The predicted molar refractivity (Wildman–Crippen MR) is 98.4 cm³/mol. The Labute approximate surface area is 163 Å². The fraction of sp³-hybridized carbons (Fsp3) is 0.333. The first-order valence-electron chi connectivity index (χ1n) is 8.35. The van der Waals surface area contributed by atoms with Crippen molar-refractivity contribution in [2.75, 3.05) is 6.61 Å². The maximum atomic E-state index is 13.8. The van der Waals surface area contributed by atoms with Crippen molar-refractivity contribution in [2.24, 2.45) is 5.92 Å². The zero-order valence-corrected chi connectivity index (χ0v) is 15.4. The molecule has 150 valence electrons. The van der Waals surface area contributed by atoms with Gasteiger partial charge >= 0.3 is 12.1 Å². The molecule has 0 radical (unpaired) electrons. The van der Waals surface area contributed by atoms with E-state index < -0.39 is 34.9 Å².